The highest BCUT2D eigenvalue weighted by atomic mass is 79.9. The summed E-state index contributed by atoms with van der Waals surface area (Å²) in [5.41, 5.74) is 16.0. The Labute approximate surface area is 270 Å². The van der Waals surface area contributed by atoms with Crippen molar-refractivity contribution in [3.63, 3.8) is 0 Å². The van der Waals surface area contributed by atoms with Gasteiger partial charge in [-0.15, -0.1) is 0 Å². The highest BCUT2D eigenvalue weighted by molar-refractivity contribution is 9.10. The van der Waals surface area contributed by atoms with Crippen molar-refractivity contribution < 1.29 is 0 Å². The second-order valence-electron chi connectivity index (χ2n) is 12.5. The molecule has 0 unspecified atom stereocenters. The molecule has 0 bridgehead atoms. The number of halogens is 2. The zero-order chi connectivity index (χ0) is 29.3. The Balaban J connectivity index is 1.35. The Morgan fingerprint density at radius 3 is 1.26 bits per heavy atom. The van der Waals surface area contributed by atoms with Crippen LogP contribution in [0.3, 0.4) is 0 Å². The predicted octanol–water partition coefficient (Wildman–Crippen LogP) is 12.5. The van der Waals surface area contributed by atoms with Crippen LogP contribution < -0.4 is 0 Å². The SMILES string of the molecule is CC(C)(C1c2ccc(-c3ccccc3)cc2-c2cc(-c3ccccc3)ccc21)C1c2cc(Br)ccc2-c2ccc(Br)cc21. The number of hydrogen-bond acceptors (Lipinski definition) is 0. The van der Waals surface area contributed by atoms with Gasteiger partial charge in [0.1, 0.15) is 0 Å². The van der Waals surface area contributed by atoms with Crippen molar-refractivity contribution >= 4 is 31.9 Å². The first-order valence-electron chi connectivity index (χ1n) is 14.9. The van der Waals surface area contributed by atoms with E-state index >= 15 is 0 Å². The van der Waals surface area contributed by atoms with Crippen LogP contribution in [0.25, 0.3) is 44.5 Å². The average Bonchev–Trinajstić information content (AvgIpc) is 3.53. The van der Waals surface area contributed by atoms with E-state index in [1.165, 1.54) is 66.8 Å². The van der Waals surface area contributed by atoms with Crippen molar-refractivity contribution in [1.29, 1.82) is 0 Å². The van der Waals surface area contributed by atoms with E-state index in [-0.39, 0.29) is 17.3 Å². The Bertz CT molecular complexity index is 1880. The maximum atomic E-state index is 3.80. The number of fused-ring (bicyclic) bond motifs is 6. The normalized spacial score (nSPS) is 13.9. The molecular weight excluding hydrogens is 652 g/mol. The zero-order valence-corrected chi connectivity index (χ0v) is 27.3. The van der Waals surface area contributed by atoms with E-state index < -0.39 is 0 Å². The molecule has 0 aromatic heterocycles. The van der Waals surface area contributed by atoms with E-state index in [4.69, 9.17) is 0 Å². The van der Waals surface area contributed by atoms with Crippen molar-refractivity contribution in [2.45, 2.75) is 25.7 Å². The Kier molecular flexibility index (Phi) is 6.36. The molecule has 0 fully saturated rings. The summed E-state index contributed by atoms with van der Waals surface area (Å²) in [6.45, 7) is 4.97. The topological polar surface area (TPSA) is 0 Å². The highest BCUT2D eigenvalue weighted by Gasteiger charge is 2.48. The van der Waals surface area contributed by atoms with Crippen molar-refractivity contribution in [3.05, 3.63) is 165 Å². The molecule has 6 aromatic rings. The molecule has 0 radical (unpaired) electrons. The minimum Gasteiger partial charge on any atom is -0.0622 e. The summed E-state index contributed by atoms with van der Waals surface area (Å²) in [4.78, 5) is 0. The van der Waals surface area contributed by atoms with Crippen LogP contribution in [0, 0.1) is 5.41 Å². The van der Waals surface area contributed by atoms with Gasteiger partial charge in [0.2, 0.25) is 0 Å². The molecule has 0 N–H and O–H groups in total. The molecular formula is C41H30Br2. The standard InChI is InChI=1S/C41H30Br2/c1-41(2,40-37-23-29(42)15-19-31(37)32-20-16-30(43)24-38(32)40)39-33-17-13-27(25-9-5-3-6-10-25)21-35(33)36-22-28(14-18-34(36)39)26-11-7-4-8-12-26/h3-24,39-40H,1-2H3. The van der Waals surface area contributed by atoms with Gasteiger partial charge in [-0.05, 0) is 109 Å². The van der Waals surface area contributed by atoms with Crippen LogP contribution >= 0.6 is 31.9 Å². The third-order valence-corrected chi connectivity index (χ3v) is 10.6. The third kappa shape index (κ3) is 4.30. The molecule has 6 aromatic carbocycles. The van der Waals surface area contributed by atoms with Gasteiger partial charge in [0.15, 0.2) is 0 Å². The van der Waals surface area contributed by atoms with Crippen LogP contribution in [0.1, 0.15) is 47.9 Å². The highest BCUT2D eigenvalue weighted by Crippen LogP contribution is 2.63. The number of hydrogen-bond donors (Lipinski definition) is 0. The molecule has 0 spiro atoms. The second-order valence-corrected chi connectivity index (χ2v) is 14.3. The monoisotopic (exact) mass is 680 g/mol. The molecule has 0 atom stereocenters. The van der Waals surface area contributed by atoms with E-state index in [2.05, 4.69) is 179 Å². The number of benzene rings is 6. The van der Waals surface area contributed by atoms with Gasteiger partial charge < -0.3 is 0 Å². The second kappa shape index (κ2) is 10.2. The molecule has 0 saturated carbocycles. The quantitative estimate of drug-likeness (QED) is 0.174. The van der Waals surface area contributed by atoms with Crippen molar-refractivity contribution in [3.8, 4) is 44.5 Å². The van der Waals surface area contributed by atoms with Gasteiger partial charge in [-0.2, -0.15) is 0 Å². The lowest BCUT2D eigenvalue weighted by molar-refractivity contribution is 0.282. The first kappa shape index (κ1) is 26.9. The van der Waals surface area contributed by atoms with Gasteiger partial charge in [0.25, 0.3) is 0 Å². The fraction of sp³-hybridized carbons (Fsp3) is 0.122. The minimum atomic E-state index is -0.121. The molecule has 2 aliphatic rings. The fourth-order valence-corrected chi connectivity index (χ4v) is 8.60. The summed E-state index contributed by atoms with van der Waals surface area (Å²) in [7, 11) is 0. The summed E-state index contributed by atoms with van der Waals surface area (Å²) in [6.07, 6.45) is 0. The van der Waals surface area contributed by atoms with E-state index in [9.17, 15) is 0 Å². The Morgan fingerprint density at radius 1 is 0.395 bits per heavy atom. The van der Waals surface area contributed by atoms with E-state index in [1.807, 2.05) is 0 Å². The van der Waals surface area contributed by atoms with Crippen molar-refractivity contribution in [2.24, 2.45) is 5.41 Å². The first-order valence-corrected chi connectivity index (χ1v) is 16.5. The smallest absolute Gasteiger partial charge is 0.0178 e. The maximum absolute atomic E-state index is 3.80. The van der Waals surface area contributed by atoms with Crippen LogP contribution in [0.5, 0.6) is 0 Å². The van der Waals surface area contributed by atoms with Crippen LogP contribution in [0.2, 0.25) is 0 Å². The van der Waals surface area contributed by atoms with E-state index in [1.54, 1.807) is 0 Å². The molecule has 2 heteroatoms. The average molecular weight is 682 g/mol. The molecule has 0 amide bonds. The molecule has 2 aliphatic carbocycles. The lowest BCUT2D eigenvalue weighted by atomic mass is 9.63. The first-order chi connectivity index (χ1) is 20.9. The van der Waals surface area contributed by atoms with Gasteiger partial charge >= 0.3 is 0 Å². The van der Waals surface area contributed by atoms with Gasteiger partial charge in [-0.3, -0.25) is 0 Å². The summed E-state index contributed by atoms with van der Waals surface area (Å²) in [5.74, 6) is 0.466. The van der Waals surface area contributed by atoms with Crippen LogP contribution in [0.15, 0.2) is 142 Å². The largest absolute Gasteiger partial charge is 0.0622 e. The molecule has 43 heavy (non-hydrogen) atoms. The van der Waals surface area contributed by atoms with Crippen molar-refractivity contribution in [2.75, 3.05) is 0 Å². The fourth-order valence-electron chi connectivity index (χ4n) is 7.84. The molecule has 0 nitrogen and oxygen atoms in total. The van der Waals surface area contributed by atoms with E-state index in [0.29, 0.717) is 0 Å². The van der Waals surface area contributed by atoms with E-state index in [0.717, 1.165) is 8.95 Å². The van der Waals surface area contributed by atoms with Crippen molar-refractivity contribution in [1.82, 2.24) is 0 Å². The molecule has 0 heterocycles. The lowest BCUT2D eigenvalue weighted by Crippen LogP contribution is -2.29. The summed E-state index contributed by atoms with van der Waals surface area (Å²) >= 11 is 7.61. The maximum Gasteiger partial charge on any atom is 0.0178 e. The number of rotatable bonds is 4. The van der Waals surface area contributed by atoms with Crippen LogP contribution in [-0.4, -0.2) is 0 Å². The van der Waals surface area contributed by atoms with Crippen LogP contribution in [-0.2, 0) is 0 Å². The van der Waals surface area contributed by atoms with Crippen LogP contribution in [0.4, 0.5) is 0 Å². The predicted molar refractivity (Wildman–Crippen MR) is 187 cm³/mol. The summed E-state index contributed by atoms with van der Waals surface area (Å²) in [6, 6.07) is 49.5. The van der Waals surface area contributed by atoms with Gasteiger partial charge in [-0.25, -0.2) is 0 Å². The summed E-state index contributed by atoms with van der Waals surface area (Å²) in [5, 5.41) is 0. The third-order valence-electron chi connectivity index (χ3n) is 9.66. The Hall–Kier alpha value is -3.72. The zero-order valence-electron chi connectivity index (χ0n) is 24.1. The van der Waals surface area contributed by atoms with Gasteiger partial charge in [-0.1, -0.05) is 143 Å². The molecule has 8 rings (SSSR count). The molecule has 208 valence electrons. The summed E-state index contributed by atoms with van der Waals surface area (Å²) < 4.78 is 2.26. The van der Waals surface area contributed by atoms with Gasteiger partial charge in [0, 0.05) is 20.8 Å². The Morgan fingerprint density at radius 2 is 0.814 bits per heavy atom. The van der Waals surface area contributed by atoms with Gasteiger partial charge in [0.05, 0.1) is 0 Å². The molecule has 0 saturated heterocycles. The minimum absolute atomic E-state index is 0.121. The lowest BCUT2D eigenvalue weighted by Gasteiger charge is -2.40. The molecule has 0 aliphatic heterocycles.